The van der Waals surface area contributed by atoms with Crippen LogP contribution < -0.4 is 16.0 Å². The third-order valence-electron chi connectivity index (χ3n) is 5.24. The number of rotatable bonds is 5. The number of benzene rings is 2. The van der Waals surface area contributed by atoms with Crippen LogP contribution in [0.25, 0.3) is 0 Å². The van der Waals surface area contributed by atoms with Crippen molar-refractivity contribution in [3.05, 3.63) is 64.2 Å². The molecule has 3 N–H and O–H groups in total. The smallest absolute Gasteiger partial charge is 0.292 e. The predicted molar refractivity (Wildman–Crippen MR) is 118 cm³/mol. The maximum atomic E-state index is 13.2. The maximum absolute atomic E-state index is 13.2. The van der Waals surface area contributed by atoms with Crippen LogP contribution in [0.2, 0.25) is 0 Å². The molecule has 0 spiro atoms. The van der Waals surface area contributed by atoms with Crippen LogP contribution in [0.15, 0.2) is 48.5 Å². The van der Waals surface area contributed by atoms with Gasteiger partial charge in [-0.2, -0.15) is 0 Å². The van der Waals surface area contributed by atoms with Crippen molar-refractivity contribution in [1.82, 2.24) is 5.32 Å². The van der Waals surface area contributed by atoms with Gasteiger partial charge < -0.3 is 16.0 Å². The predicted octanol–water partition coefficient (Wildman–Crippen LogP) is 4.53. The lowest BCUT2D eigenvalue weighted by atomic mass is 9.81. The maximum Gasteiger partial charge on any atom is 0.292 e. The zero-order valence-corrected chi connectivity index (χ0v) is 17.1. The van der Waals surface area contributed by atoms with Crippen LogP contribution in [0.4, 0.5) is 17.1 Å². The first kappa shape index (κ1) is 20.7. The molecule has 1 saturated carbocycles. The fourth-order valence-corrected chi connectivity index (χ4v) is 3.93. The number of hydrogen-bond acceptors (Lipinski definition) is 4. The Labute approximate surface area is 175 Å². The van der Waals surface area contributed by atoms with Crippen LogP contribution in [-0.4, -0.2) is 21.5 Å². The summed E-state index contributed by atoms with van der Waals surface area (Å²) in [5, 5.41) is 20.5. The first-order chi connectivity index (χ1) is 13.9. The van der Waals surface area contributed by atoms with Crippen molar-refractivity contribution in [2.45, 2.75) is 44.6 Å². The molecule has 0 atom stereocenters. The molecule has 1 fully saturated rings. The zero-order valence-electron chi connectivity index (χ0n) is 16.2. The second-order valence-electron chi connectivity index (χ2n) is 7.27. The van der Waals surface area contributed by atoms with Crippen LogP contribution in [0, 0.1) is 17.0 Å². The number of anilines is 2. The van der Waals surface area contributed by atoms with Gasteiger partial charge in [-0.3, -0.25) is 14.9 Å². The lowest BCUT2D eigenvalue weighted by Gasteiger charge is -2.37. The van der Waals surface area contributed by atoms with Gasteiger partial charge in [-0.05, 0) is 49.7 Å². The molecule has 0 unspecified atom stereocenters. The summed E-state index contributed by atoms with van der Waals surface area (Å²) in [7, 11) is 0. The average Bonchev–Trinajstić information content (AvgIpc) is 2.70. The summed E-state index contributed by atoms with van der Waals surface area (Å²) in [4.78, 5) is 24.0. The fourth-order valence-electron chi connectivity index (χ4n) is 3.63. The van der Waals surface area contributed by atoms with E-state index in [9.17, 15) is 14.9 Å². The molecule has 1 amide bonds. The van der Waals surface area contributed by atoms with Crippen LogP contribution in [-0.2, 0) is 4.79 Å². The minimum absolute atomic E-state index is 0.0706. The third-order valence-corrected chi connectivity index (χ3v) is 5.44. The van der Waals surface area contributed by atoms with Crippen molar-refractivity contribution in [1.29, 1.82) is 0 Å². The number of thiocarbonyl (C=S) groups is 1. The number of hydrogen-bond donors (Lipinski definition) is 3. The van der Waals surface area contributed by atoms with Gasteiger partial charge >= 0.3 is 0 Å². The number of carbonyl (C=O) groups excluding carboxylic acids is 1. The van der Waals surface area contributed by atoms with Gasteiger partial charge in [0.05, 0.1) is 4.92 Å². The summed E-state index contributed by atoms with van der Waals surface area (Å²) >= 11 is 5.42. The highest BCUT2D eigenvalue weighted by Gasteiger charge is 2.40. The SMILES string of the molecule is Cc1ccccc1NC(=O)C1(NC(=S)Nc2ccccc2[N+](=O)[O-])CCCCC1. The number of amides is 1. The number of para-hydroxylation sites is 3. The van der Waals surface area contributed by atoms with E-state index >= 15 is 0 Å². The number of nitrogens with zero attached hydrogens (tertiary/aromatic N) is 1. The molecule has 2 aromatic rings. The molecular weight excluding hydrogens is 388 g/mol. The van der Waals surface area contributed by atoms with E-state index in [1.807, 2.05) is 31.2 Å². The van der Waals surface area contributed by atoms with Gasteiger partial charge in [0.2, 0.25) is 5.91 Å². The summed E-state index contributed by atoms with van der Waals surface area (Å²) in [6.07, 6.45) is 4.16. The average molecular weight is 413 g/mol. The molecule has 152 valence electrons. The van der Waals surface area contributed by atoms with E-state index in [4.69, 9.17) is 12.2 Å². The molecule has 1 aliphatic carbocycles. The van der Waals surface area contributed by atoms with Gasteiger partial charge in [0.1, 0.15) is 11.2 Å². The van der Waals surface area contributed by atoms with Gasteiger partial charge in [0.15, 0.2) is 5.11 Å². The molecule has 0 heterocycles. The number of carbonyl (C=O) groups is 1. The van der Waals surface area contributed by atoms with Crippen molar-refractivity contribution in [2.75, 3.05) is 10.6 Å². The quantitative estimate of drug-likeness (QED) is 0.379. The fraction of sp³-hybridized carbons (Fsp3) is 0.333. The number of nitro benzene ring substituents is 1. The Balaban J connectivity index is 1.78. The topological polar surface area (TPSA) is 96.3 Å². The largest absolute Gasteiger partial charge is 0.348 e. The van der Waals surface area contributed by atoms with Gasteiger partial charge in [-0.25, -0.2) is 0 Å². The van der Waals surface area contributed by atoms with E-state index < -0.39 is 10.5 Å². The Morgan fingerprint density at radius 1 is 1.00 bits per heavy atom. The zero-order chi connectivity index (χ0) is 20.9. The van der Waals surface area contributed by atoms with E-state index in [0.717, 1.165) is 30.5 Å². The Morgan fingerprint density at radius 3 is 2.28 bits per heavy atom. The molecule has 0 aromatic heterocycles. The molecule has 0 bridgehead atoms. The Bertz CT molecular complexity index is 926. The minimum Gasteiger partial charge on any atom is -0.348 e. The van der Waals surface area contributed by atoms with Gasteiger partial charge in [0, 0.05) is 11.8 Å². The molecule has 7 nitrogen and oxygen atoms in total. The third kappa shape index (κ3) is 4.89. The lowest BCUT2D eigenvalue weighted by Crippen LogP contribution is -2.58. The van der Waals surface area contributed by atoms with E-state index in [1.54, 1.807) is 18.2 Å². The summed E-state index contributed by atoms with van der Waals surface area (Å²) < 4.78 is 0. The van der Waals surface area contributed by atoms with Crippen LogP contribution in [0.5, 0.6) is 0 Å². The Hall–Kier alpha value is -3.00. The summed E-state index contributed by atoms with van der Waals surface area (Å²) in [6.45, 7) is 1.94. The monoisotopic (exact) mass is 412 g/mol. The van der Waals surface area contributed by atoms with Crippen molar-refractivity contribution in [3.8, 4) is 0 Å². The van der Waals surface area contributed by atoms with Crippen molar-refractivity contribution < 1.29 is 9.72 Å². The second-order valence-corrected chi connectivity index (χ2v) is 7.67. The van der Waals surface area contributed by atoms with Gasteiger partial charge in [0.25, 0.3) is 5.69 Å². The number of nitro groups is 1. The van der Waals surface area contributed by atoms with E-state index in [2.05, 4.69) is 16.0 Å². The van der Waals surface area contributed by atoms with Gasteiger partial charge in [-0.15, -0.1) is 0 Å². The highest BCUT2D eigenvalue weighted by molar-refractivity contribution is 7.80. The molecule has 8 heteroatoms. The summed E-state index contributed by atoms with van der Waals surface area (Å²) in [5.41, 5.74) is 1.11. The Kier molecular flexibility index (Phi) is 6.43. The molecule has 0 radical (unpaired) electrons. The number of nitrogens with one attached hydrogen (secondary N) is 3. The minimum atomic E-state index is -0.853. The van der Waals surface area contributed by atoms with Gasteiger partial charge in [-0.1, -0.05) is 49.6 Å². The van der Waals surface area contributed by atoms with Crippen LogP contribution in [0.3, 0.4) is 0 Å². The standard InChI is InChI=1S/C21H24N4O3S/c1-15-9-3-4-10-16(15)22-19(26)21(13-7-2-8-14-21)24-20(29)23-17-11-5-6-12-18(17)25(27)28/h3-6,9-12H,2,7-8,13-14H2,1H3,(H,22,26)(H2,23,24,29). The van der Waals surface area contributed by atoms with E-state index in [1.165, 1.54) is 6.07 Å². The first-order valence-electron chi connectivity index (χ1n) is 9.61. The van der Waals surface area contributed by atoms with Crippen molar-refractivity contribution in [3.63, 3.8) is 0 Å². The van der Waals surface area contributed by atoms with Crippen LogP contribution in [0.1, 0.15) is 37.7 Å². The second kappa shape index (κ2) is 9.00. The normalized spacial score (nSPS) is 15.2. The molecular formula is C21H24N4O3S. The molecule has 29 heavy (non-hydrogen) atoms. The summed E-state index contributed by atoms with van der Waals surface area (Å²) in [5.74, 6) is -0.141. The van der Waals surface area contributed by atoms with E-state index in [0.29, 0.717) is 18.5 Å². The molecule has 0 saturated heterocycles. The first-order valence-corrected chi connectivity index (χ1v) is 10.0. The molecule has 3 rings (SSSR count). The van der Waals surface area contributed by atoms with Crippen molar-refractivity contribution in [2.24, 2.45) is 0 Å². The lowest BCUT2D eigenvalue weighted by molar-refractivity contribution is -0.383. The summed E-state index contributed by atoms with van der Waals surface area (Å²) in [6, 6.07) is 13.9. The highest BCUT2D eigenvalue weighted by atomic mass is 32.1. The van der Waals surface area contributed by atoms with E-state index in [-0.39, 0.29) is 16.7 Å². The number of aryl methyl sites for hydroxylation is 1. The molecule has 1 aliphatic rings. The van der Waals surface area contributed by atoms with Crippen LogP contribution >= 0.6 is 12.2 Å². The van der Waals surface area contributed by atoms with Crippen molar-refractivity contribution >= 4 is 40.3 Å². The Morgan fingerprint density at radius 2 is 1.62 bits per heavy atom. The molecule has 2 aromatic carbocycles. The molecule has 0 aliphatic heterocycles. The highest BCUT2D eigenvalue weighted by Crippen LogP contribution is 2.31.